The Morgan fingerprint density at radius 1 is 1.23 bits per heavy atom. The molecule has 0 saturated heterocycles. The molecule has 1 aromatic heterocycles. The smallest absolute Gasteiger partial charge is 0.270 e. The van der Waals surface area contributed by atoms with Crippen LogP contribution in [0.1, 0.15) is 36.8 Å². The first kappa shape index (κ1) is 15.9. The lowest BCUT2D eigenvalue weighted by atomic mass is 10.1. The number of anilines is 1. The standard InChI is InChI=1S/C16H19FN4O/c1-16(2,3)21-14-8-13(19-10-20-14)15(22)18-9-11-6-4-5-7-12(11)17/h4-8,10H,9H2,1-3H3,(H,18,22)(H,19,20,21). The molecular formula is C16H19FN4O. The Kier molecular flexibility index (Phi) is 4.70. The van der Waals surface area contributed by atoms with E-state index in [1.165, 1.54) is 12.4 Å². The molecule has 2 N–H and O–H groups in total. The molecule has 0 radical (unpaired) electrons. The Hall–Kier alpha value is -2.50. The molecule has 0 atom stereocenters. The number of aromatic nitrogens is 2. The van der Waals surface area contributed by atoms with Crippen LogP contribution in [0.5, 0.6) is 0 Å². The summed E-state index contributed by atoms with van der Waals surface area (Å²) in [5, 5.41) is 5.82. The summed E-state index contributed by atoms with van der Waals surface area (Å²) in [5.41, 5.74) is 0.492. The molecule has 0 fully saturated rings. The number of carbonyl (C=O) groups excluding carboxylic acids is 1. The van der Waals surface area contributed by atoms with Crippen molar-refractivity contribution in [2.45, 2.75) is 32.9 Å². The summed E-state index contributed by atoms with van der Waals surface area (Å²) in [4.78, 5) is 20.1. The first-order chi connectivity index (χ1) is 10.3. The Balaban J connectivity index is 2.04. The number of benzene rings is 1. The maximum atomic E-state index is 13.5. The van der Waals surface area contributed by atoms with Gasteiger partial charge in [-0.15, -0.1) is 0 Å². The lowest BCUT2D eigenvalue weighted by Crippen LogP contribution is -2.28. The monoisotopic (exact) mass is 302 g/mol. The minimum absolute atomic E-state index is 0.109. The summed E-state index contributed by atoms with van der Waals surface area (Å²) in [6.45, 7) is 6.09. The summed E-state index contributed by atoms with van der Waals surface area (Å²) >= 11 is 0. The van der Waals surface area contributed by atoms with Crippen molar-refractivity contribution in [1.29, 1.82) is 0 Å². The van der Waals surface area contributed by atoms with Crippen molar-refractivity contribution in [3.05, 3.63) is 53.7 Å². The van der Waals surface area contributed by atoms with Crippen molar-refractivity contribution in [1.82, 2.24) is 15.3 Å². The minimum atomic E-state index is -0.373. The number of rotatable bonds is 4. The van der Waals surface area contributed by atoms with Gasteiger partial charge in [-0.05, 0) is 26.8 Å². The highest BCUT2D eigenvalue weighted by Gasteiger charge is 2.13. The zero-order chi connectivity index (χ0) is 16.2. The van der Waals surface area contributed by atoms with Gasteiger partial charge in [0, 0.05) is 23.7 Å². The number of hydrogen-bond acceptors (Lipinski definition) is 4. The third-order valence-electron chi connectivity index (χ3n) is 2.80. The summed E-state index contributed by atoms with van der Waals surface area (Å²) < 4.78 is 13.5. The number of amides is 1. The molecular weight excluding hydrogens is 283 g/mol. The van der Waals surface area contributed by atoms with Crippen molar-refractivity contribution in [3.8, 4) is 0 Å². The first-order valence-electron chi connectivity index (χ1n) is 6.97. The van der Waals surface area contributed by atoms with Gasteiger partial charge in [-0.2, -0.15) is 0 Å². The Labute approximate surface area is 129 Å². The summed E-state index contributed by atoms with van der Waals surface area (Å²) in [6, 6.07) is 7.89. The van der Waals surface area contributed by atoms with Crippen LogP contribution in [0.25, 0.3) is 0 Å². The van der Waals surface area contributed by atoms with Crippen LogP contribution in [0.2, 0.25) is 0 Å². The third kappa shape index (κ3) is 4.51. The Morgan fingerprint density at radius 2 is 1.95 bits per heavy atom. The second-order valence-electron chi connectivity index (χ2n) is 5.94. The predicted octanol–water partition coefficient (Wildman–Crippen LogP) is 2.76. The summed E-state index contributed by atoms with van der Waals surface area (Å²) in [5.74, 6) is -0.151. The second-order valence-corrected chi connectivity index (χ2v) is 5.94. The molecule has 5 nitrogen and oxygen atoms in total. The Morgan fingerprint density at radius 3 is 2.64 bits per heavy atom. The van der Waals surface area contributed by atoms with Crippen LogP contribution < -0.4 is 10.6 Å². The highest BCUT2D eigenvalue weighted by molar-refractivity contribution is 5.92. The fraction of sp³-hybridized carbons (Fsp3) is 0.312. The van der Waals surface area contributed by atoms with E-state index in [1.807, 2.05) is 20.8 Å². The number of halogens is 1. The molecule has 22 heavy (non-hydrogen) atoms. The normalized spacial score (nSPS) is 11.1. The van der Waals surface area contributed by atoms with E-state index in [2.05, 4.69) is 20.6 Å². The zero-order valence-corrected chi connectivity index (χ0v) is 12.9. The average Bonchev–Trinajstić information content (AvgIpc) is 2.44. The van der Waals surface area contributed by atoms with Crippen LogP contribution >= 0.6 is 0 Å². The van der Waals surface area contributed by atoms with E-state index in [9.17, 15) is 9.18 Å². The van der Waals surface area contributed by atoms with Crippen LogP contribution in [0.3, 0.4) is 0 Å². The summed E-state index contributed by atoms with van der Waals surface area (Å²) in [6.07, 6.45) is 1.33. The maximum Gasteiger partial charge on any atom is 0.270 e. The lowest BCUT2D eigenvalue weighted by molar-refractivity contribution is 0.0945. The quantitative estimate of drug-likeness (QED) is 0.911. The van der Waals surface area contributed by atoms with Gasteiger partial charge >= 0.3 is 0 Å². The number of carbonyl (C=O) groups is 1. The van der Waals surface area contributed by atoms with Crippen molar-refractivity contribution >= 4 is 11.7 Å². The number of hydrogen-bond donors (Lipinski definition) is 2. The van der Waals surface area contributed by atoms with Crippen molar-refractivity contribution in [3.63, 3.8) is 0 Å². The van der Waals surface area contributed by atoms with Crippen LogP contribution in [-0.2, 0) is 6.54 Å². The van der Waals surface area contributed by atoms with Crippen LogP contribution in [0.15, 0.2) is 36.7 Å². The molecule has 116 valence electrons. The van der Waals surface area contributed by atoms with E-state index in [0.29, 0.717) is 11.4 Å². The van der Waals surface area contributed by atoms with E-state index in [1.54, 1.807) is 24.3 Å². The molecule has 0 saturated carbocycles. The molecule has 0 aliphatic rings. The summed E-state index contributed by atoms with van der Waals surface area (Å²) in [7, 11) is 0. The highest BCUT2D eigenvalue weighted by atomic mass is 19.1. The van der Waals surface area contributed by atoms with Gasteiger partial charge < -0.3 is 10.6 Å². The minimum Gasteiger partial charge on any atom is -0.365 e. The molecule has 1 amide bonds. The van der Waals surface area contributed by atoms with E-state index < -0.39 is 0 Å². The SMILES string of the molecule is CC(C)(C)Nc1cc(C(=O)NCc2ccccc2F)ncn1. The molecule has 1 heterocycles. The topological polar surface area (TPSA) is 66.9 Å². The molecule has 2 aromatic rings. The van der Waals surface area contributed by atoms with Crippen molar-refractivity contribution in [2.75, 3.05) is 5.32 Å². The maximum absolute atomic E-state index is 13.5. The fourth-order valence-corrected chi connectivity index (χ4v) is 1.84. The fourth-order valence-electron chi connectivity index (χ4n) is 1.84. The Bertz CT molecular complexity index is 667. The van der Waals surface area contributed by atoms with Crippen LogP contribution in [0.4, 0.5) is 10.2 Å². The molecule has 0 aliphatic heterocycles. The number of nitrogens with zero attached hydrogens (tertiary/aromatic N) is 2. The van der Waals surface area contributed by atoms with E-state index in [4.69, 9.17) is 0 Å². The highest BCUT2D eigenvalue weighted by Crippen LogP contribution is 2.12. The third-order valence-corrected chi connectivity index (χ3v) is 2.80. The van der Waals surface area contributed by atoms with Gasteiger partial charge in [-0.1, -0.05) is 18.2 Å². The van der Waals surface area contributed by atoms with Gasteiger partial charge in [0.25, 0.3) is 5.91 Å². The van der Waals surface area contributed by atoms with E-state index in [0.717, 1.165) is 0 Å². The average molecular weight is 302 g/mol. The van der Waals surface area contributed by atoms with Gasteiger partial charge in [0.15, 0.2) is 0 Å². The van der Waals surface area contributed by atoms with E-state index >= 15 is 0 Å². The van der Waals surface area contributed by atoms with E-state index in [-0.39, 0.29) is 29.5 Å². The molecule has 0 spiro atoms. The molecule has 2 rings (SSSR count). The van der Waals surface area contributed by atoms with Crippen molar-refractivity contribution < 1.29 is 9.18 Å². The lowest BCUT2D eigenvalue weighted by Gasteiger charge is -2.21. The van der Waals surface area contributed by atoms with Gasteiger partial charge in [-0.25, -0.2) is 14.4 Å². The molecule has 1 aromatic carbocycles. The van der Waals surface area contributed by atoms with Gasteiger partial charge in [-0.3, -0.25) is 4.79 Å². The van der Waals surface area contributed by atoms with Gasteiger partial charge in [0.1, 0.15) is 23.7 Å². The van der Waals surface area contributed by atoms with Gasteiger partial charge in [0.2, 0.25) is 0 Å². The molecule has 6 heteroatoms. The molecule has 0 bridgehead atoms. The zero-order valence-electron chi connectivity index (χ0n) is 12.9. The predicted molar refractivity (Wildman–Crippen MR) is 83.0 cm³/mol. The first-order valence-corrected chi connectivity index (χ1v) is 6.97. The van der Waals surface area contributed by atoms with Crippen LogP contribution in [-0.4, -0.2) is 21.4 Å². The van der Waals surface area contributed by atoms with Crippen molar-refractivity contribution in [2.24, 2.45) is 0 Å². The molecule has 0 aliphatic carbocycles. The largest absolute Gasteiger partial charge is 0.365 e. The number of nitrogens with one attached hydrogen (secondary N) is 2. The van der Waals surface area contributed by atoms with Crippen LogP contribution in [0, 0.1) is 5.82 Å². The van der Waals surface area contributed by atoms with Gasteiger partial charge in [0.05, 0.1) is 0 Å². The second kappa shape index (κ2) is 6.51. The molecule has 0 unspecified atom stereocenters.